The average molecular weight is 384 g/mol. The molecule has 2 aliphatic rings. The first kappa shape index (κ1) is 17.4. The van der Waals surface area contributed by atoms with E-state index in [4.69, 9.17) is 4.99 Å². The zero-order chi connectivity index (χ0) is 20.0. The van der Waals surface area contributed by atoms with Crippen LogP contribution in [0.4, 0.5) is 15.8 Å². The second-order valence-corrected chi connectivity index (χ2v) is 7.13. The summed E-state index contributed by atoms with van der Waals surface area (Å²) < 4.78 is 13.4. The van der Waals surface area contributed by atoms with Crippen LogP contribution in [-0.4, -0.2) is 16.6 Å². The van der Waals surface area contributed by atoms with Gasteiger partial charge in [-0.25, -0.2) is 4.39 Å². The van der Waals surface area contributed by atoms with Gasteiger partial charge in [0.25, 0.3) is 0 Å². The van der Waals surface area contributed by atoms with Crippen LogP contribution in [-0.2, 0) is 0 Å². The summed E-state index contributed by atoms with van der Waals surface area (Å²) in [5, 5.41) is 14.3. The Labute approximate surface area is 167 Å². The number of hydrogen-bond acceptors (Lipinski definition) is 4. The maximum atomic E-state index is 13.4. The molecule has 5 rings (SSSR count). The summed E-state index contributed by atoms with van der Waals surface area (Å²) >= 11 is 0. The molecule has 1 heterocycles. The fourth-order valence-corrected chi connectivity index (χ4v) is 3.90. The van der Waals surface area contributed by atoms with Crippen LogP contribution >= 0.6 is 0 Å². The molecular weight excluding hydrogens is 367 g/mol. The van der Waals surface area contributed by atoms with Gasteiger partial charge in [0.05, 0.1) is 28.7 Å². The molecule has 0 spiro atoms. The van der Waals surface area contributed by atoms with Crippen molar-refractivity contribution in [3.8, 4) is 0 Å². The van der Waals surface area contributed by atoms with Gasteiger partial charge >= 0.3 is 0 Å². The van der Waals surface area contributed by atoms with Crippen LogP contribution in [0.3, 0.4) is 0 Å². The molecule has 2 N–H and O–H groups in total. The fraction of sp³-hybridized carbons (Fsp3) is 0.0833. The number of carbonyl (C=O) groups excluding carboxylic acids is 1. The molecule has 29 heavy (non-hydrogen) atoms. The first-order valence-electron chi connectivity index (χ1n) is 9.38. The highest BCUT2D eigenvalue weighted by Crippen LogP contribution is 2.39. The second kappa shape index (κ2) is 6.71. The van der Waals surface area contributed by atoms with Crippen LogP contribution < -0.4 is 5.32 Å². The van der Waals surface area contributed by atoms with E-state index < -0.39 is 0 Å². The Morgan fingerprint density at radius 3 is 2.38 bits per heavy atom. The Hall–Kier alpha value is -3.73. The van der Waals surface area contributed by atoms with Crippen LogP contribution in [0.2, 0.25) is 0 Å². The topological polar surface area (TPSA) is 61.7 Å². The molecule has 0 saturated carbocycles. The number of para-hydroxylation sites is 2. The monoisotopic (exact) mass is 384 g/mol. The zero-order valence-electron chi connectivity index (χ0n) is 15.4. The lowest BCUT2D eigenvalue weighted by atomic mass is 9.95. The molecule has 1 aliphatic carbocycles. The number of anilines is 1. The molecular formula is C24H17FN2O2. The number of Topliss-reactive ketones (excluding diaryl/α,β-unsaturated/α-hetero) is 1. The smallest absolute Gasteiger partial charge is 0.199 e. The molecule has 1 aliphatic heterocycles. The number of aliphatic hydroxyl groups is 1. The third-order valence-electron chi connectivity index (χ3n) is 5.34. The van der Waals surface area contributed by atoms with Crippen molar-refractivity contribution in [1.82, 2.24) is 0 Å². The number of carbonyl (C=O) groups is 1. The van der Waals surface area contributed by atoms with Crippen molar-refractivity contribution in [2.75, 3.05) is 5.32 Å². The molecule has 0 bridgehead atoms. The Bertz CT molecular complexity index is 1200. The predicted molar refractivity (Wildman–Crippen MR) is 111 cm³/mol. The van der Waals surface area contributed by atoms with Crippen molar-refractivity contribution >= 4 is 28.6 Å². The number of hydrogen-bond donors (Lipinski definition) is 2. The number of nitrogens with one attached hydrogen (secondary N) is 1. The number of allylic oxidation sites excluding steroid dienone is 1. The molecule has 0 aromatic heterocycles. The van der Waals surface area contributed by atoms with Crippen molar-refractivity contribution in [1.29, 1.82) is 0 Å². The molecule has 1 atom stereocenters. The van der Waals surface area contributed by atoms with E-state index in [1.54, 1.807) is 36.4 Å². The number of rotatable bonds is 2. The number of aliphatic hydroxyl groups excluding tert-OH is 1. The van der Waals surface area contributed by atoms with Crippen LogP contribution in [0.15, 0.2) is 83.4 Å². The Kier molecular flexibility index (Phi) is 4.02. The molecule has 0 amide bonds. The van der Waals surface area contributed by atoms with E-state index >= 15 is 0 Å². The lowest BCUT2D eigenvalue weighted by Crippen LogP contribution is -2.17. The highest BCUT2D eigenvalue weighted by molar-refractivity contribution is 6.36. The van der Waals surface area contributed by atoms with E-state index in [-0.39, 0.29) is 29.0 Å². The number of fused-ring (bicyclic) bond motifs is 2. The molecule has 1 unspecified atom stereocenters. The summed E-state index contributed by atoms with van der Waals surface area (Å²) in [6, 6.07) is 20.6. The lowest BCUT2D eigenvalue weighted by Gasteiger charge is -2.19. The van der Waals surface area contributed by atoms with E-state index in [1.807, 2.05) is 24.3 Å². The number of halogens is 1. The van der Waals surface area contributed by atoms with Crippen molar-refractivity contribution in [2.24, 2.45) is 4.99 Å². The minimum absolute atomic E-state index is 0.0402. The van der Waals surface area contributed by atoms with Gasteiger partial charge in [0.2, 0.25) is 0 Å². The standard InChI is InChI=1S/C24H17FN2O2/c25-15-11-9-14(10-12-15)20-13-21(27-19-8-4-3-7-18(19)26-20)22-23(28)16-5-1-2-6-17(16)24(22)29/h1-12,20,26,28H,13H2. The summed E-state index contributed by atoms with van der Waals surface area (Å²) in [7, 11) is 0. The largest absolute Gasteiger partial charge is 0.506 e. The van der Waals surface area contributed by atoms with Crippen LogP contribution in [0.5, 0.6) is 0 Å². The summed E-state index contributed by atoms with van der Waals surface area (Å²) in [6.45, 7) is 0. The fourth-order valence-electron chi connectivity index (χ4n) is 3.90. The van der Waals surface area contributed by atoms with E-state index in [1.165, 1.54) is 12.1 Å². The van der Waals surface area contributed by atoms with Crippen molar-refractivity contribution < 1.29 is 14.3 Å². The van der Waals surface area contributed by atoms with Crippen molar-refractivity contribution in [2.45, 2.75) is 12.5 Å². The molecule has 0 saturated heterocycles. The molecule has 4 nitrogen and oxygen atoms in total. The van der Waals surface area contributed by atoms with Crippen molar-refractivity contribution in [3.63, 3.8) is 0 Å². The summed E-state index contributed by atoms with van der Waals surface area (Å²) in [5.74, 6) is -0.575. The van der Waals surface area contributed by atoms with E-state index in [0.29, 0.717) is 28.9 Å². The summed E-state index contributed by atoms with van der Waals surface area (Å²) in [6.07, 6.45) is 0.374. The molecule has 3 aromatic carbocycles. The summed E-state index contributed by atoms with van der Waals surface area (Å²) in [4.78, 5) is 17.8. The number of aliphatic imine (C=N–C) groups is 1. The third-order valence-corrected chi connectivity index (χ3v) is 5.34. The van der Waals surface area contributed by atoms with Gasteiger partial charge in [0, 0.05) is 17.5 Å². The third kappa shape index (κ3) is 2.91. The normalized spacial score (nSPS) is 17.9. The Balaban J connectivity index is 1.64. The van der Waals surface area contributed by atoms with Gasteiger partial charge in [0.1, 0.15) is 11.6 Å². The predicted octanol–water partition coefficient (Wildman–Crippen LogP) is 5.62. The Morgan fingerprint density at radius 2 is 1.62 bits per heavy atom. The molecule has 142 valence electrons. The molecule has 5 heteroatoms. The lowest BCUT2D eigenvalue weighted by molar-refractivity contribution is 0.104. The van der Waals surface area contributed by atoms with Gasteiger partial charge in [-0.1, -0.05) is 48.5 Å². The molecule has 3 aromatic rings. The van der Waals surface area contributed by atoms with E-state index in [2.05, 4.69) is 5.32 Å². The van der Waals surface area contributed by atoms with Crippen molar-refractivity contribution in [3.05, 3.63) is 101 Å². The van der Waals surface area contributed by atoms with Gasteiger partial charge < -0.3 is 10.4 Å². The van der Waals surface area contributed by atoms with Gasteiger partial charge in [-0.15, -0.1) is 0 Å². The van der Waals surface area contributed by atoms with E-state index in [0.717, 1.165) is 11.3 Å². The quantitative estimate of drug-likeness (QED) is 0.603. The highest BCUT2D eigenvalue weighted by Gasteiger charge is 2.34. The molecule has 0 radical (unpaired) electrons. The first-order chi connectivity index (χ1) is 14.1. The van der Waals surface area contributed by atoms with Gasteiger partial charge in [-0.2, -0.15) is 0 Å². The van der Waals surface area contributed by atoms with Gasteiger partial charge in [0.15, 0.2) is 5.78 Å². The highest BCUT2D eigenvalue weighted by atomic mass is 19.1. The zero-order valence-corrected chi connectivity index (χ0v) is 15.4. The minimum Gasteiger partial charge on any atom is -0.506 e. The second-order valence-electron chi connectivity index (χ2n) is 7.13. The SMILES string of the molecule is O=C1C(C2=Nc3ccccc3NC(c3ccc(F)cc3)C2)=C(O)c2ccccc21. The first-order valence-corrected chi connectivity index (χ1v) is 9.38. The average Bonchev–Trinajstić information content (AvgIpc) is 2.88. The van der Waals surface area contributed by atoms with Gasteiger partial charge in [-0.3, -0.25) is 9.79 Å². The van der Waals surface area contributed by atoms with Gasteiger partial charge in [-0.05, 0) is 29.8 Å². The maximum absolute atomic E-state index is 13.4. The number of benzene rings is 3. The summed E-state index contributed by atoms with van der Waals surface area (Å²) in [5.41, 5.74) is 4.13. The maximum Gasteiger partial charge on any atom is 0.199 e. The van der Waals surface area contributed by atoms with Crippen LogP contribution in [0.25, 0.3) is 5.76 Å². The minimum atomic E-state index is -0.307. The van der Waals surface area contributed by atoms with Crippen LogP contribution in [0.1, 0.15) is 33.9 Å². The Morgan fingerprint density at radius 1 is 0.931 bits per heavy atom. The van der Waals surface area contributed by atoms with Crippen LogP contribution in [0, 0.1) is 5.82 Å². The van der Waals surface area contributed by atoms with E-state index in [9.17, 15) is 14.3 Å². The molecule has 0 fully saturated rings. The number of nitrogens with zero attached hydrogens (tertiary/aromatic N) is 1. The number of ketones is 1.